The first-order valence-corrected chi connectivity index (χ1v) is 11.0. The van der Waals surface area contributed by atoms with Crippen molar-refractivity contribution in [3.8, 4) is 17.0 Å². The van der Waals surface area contributed by atoms with Crippen LogP contribution in [0.5, 0.6) is 5.75 Å². The molecule has 6 nitrogen and oxygen atoms in total. The minimum Gasteiger partial charge on any atom is -0.493 e. The third kappa shape index (κ3) is 4.78. The van der Waals surface area contributed by atoms with Gasteiger partial charge in [-0.2, -0.15) is 0 Å². The maximum Gasteiger partial charge on any atom is 0.339 e. The third-order valence-electron chi connectivity index (χ3n) is 4.76. The second-order valence-corrected chi connectivity index (χ2v) is 8.15. The van der Waals surface area contributed by atoms with Gasteiger partial charge in [-0.1, -0.05) is 23.7 Å². The molecule has 0 aliphatic carbocycles. The quantitative estimate of drug-likeness (QED) is 0.352. The Hall–Kier alpha value is -3.16. The lowest BCUT2D eigenvalue weighted by Gasteiger charge is -2.11. The lowest BCUT2D eigenvalue weighted by Crippen LogP contribution is -2.07. The molecule has 0 spiro atoms. The van der Waals surface area contributed by atoms with Crippen LogP contribution in [-0.4, -0.2) is 34.2 Å². The van der Waals surface area contributed by atoms with Crippen molar-refractivity contribution >= 4 is 44.8 Å². The number of ether oxygens (including phenoxy) is 1. The molecule has 8 heteroatoms. The molecule has 0 saturated carbocycles. The number of hydrogen-bond acceptors (Lipinski definition) is 6. The van der Waals surface area contributed by atoms with E-state index < -0.39 is 5.97 Å². The van der Waals surface area contributed by atoms with Gasteiger partial charge in [-0.3, -0.25) is 0 Å². The SMILES string of the molecule is CCOc1cc(-c2cc(NCCc3cc(Cl)c4sccc4c3)ncn2)ccc1C(=O)O. The van der Waals surface area contributed by atoms with Gasteiger partial charge in [0.25, 0.3) is 0 Å². The highest BCUT2D eigenvalue weighted by Crippen LogP contribution is 2.30. The van der Waals surface area contributed by atoms with Crippen LogP contribution < -0.4 is 10.1 Å². The summed E-state index contributed by atoms with van der Waals surface area (Å²) in [6.45, 7) is 2.88. The minimum absolute atomic E-state index is 0.124. The summed E-state index contributed by atoms with van der Waals surface area (Å²) in [7, 11) is 0. The molecule has 0 atom stereocenters. The lowest BCUT2D eigenvalue weighted by atomic mass is 10.1. The Labute approximate surface area is 188 Å². The average Bonchev–Trinajstić information content (AvgIpc) is 3.23. The number of aromatic carboxylic acids is 1. The lowest BCUT2D eigenvalue weighted by molar-refractivity contribution is 0.0692. The normalized spacial score (nSPS) is 10.9. The molecule has 0 fully saturated rings. The number of hydrogen-bond donors (Lipinski definition) is 2. The van der Waals surface area contributed by atoms with Crippen molar-refractivity contribution in [1.82, 2.24) is 9.97 Å². The number of anilines is 1. The number of nitrogens with one attached hydrogen (secondary N) is 1. The Balaban J connectivity index is 1.48. The van der Waals surface area contributed by atoms with Gasteiger partial charge in [0, 0.05) is 18.2 Å². The molecule has 2 N–H and O–H groups in total. The molecule has 4 rings (SSSR count). The number of carbonyl (C=O) groups is 1. The van der Waals surface area contributed by atoms with Gasteiger partial charge in [-0.05, 0) is 53.9 Å². The zero-order valence-electron chi connectivity index (χ0n) is 16.8. The van der Waals surface area contributed by atoms with Gasteiger partial charge >= 0.3 is 5.97 Å². The van der Waals surface area contributed by atoms with E-state index >= 15 is 0 Å². The zero-order chi connectivity index (χ0) is 21.8. The van der Waals surface area contributed by atoms with Crippen molar-refractivity contribution in [3.05, 3.63) is 70.3 Å². The number of aromatic nitrogens is 2. The van der Waals surface area contributed by atoms with Crippen molar-refractivity contribution in [2.45, 2.75) is 13.3 Å². The number of halogens is 1. The molecule has 0 radical (unpaired) electrons. The van der Waals surface area contributed by atoms with Gasteiger partial charge in [0.05, 0.1) is 22.0 Å². The highest BCUT2D eigenvalue weighted by atomic mass is 35.5. The Kier molecular flexibility index (Phi) is 6.34. The Bertz CT molecular complexity index is 1240. The first kappa shape index (κ1) is 21.1. The molecule has 0 bridgehead atoms. The summed E-state index contributed by atoms with van der Waals surface area (Å²) in [5, 5.41) is 16.6. The largest absolute Gasteiger partial charge is 0.493 e. The molecular weight excluding hydrogens is 434 g/mol. The molecule has 0 unspecified atom stereocenters. The second kappa shape index (κ2) is 9.32. The molecule has 31 heavy (non-hydrogen) atoms. The summed E-state index contributed by atoms with van der Waals surface area (Å²) < 4.78 is 6.60. The van der Waals surface area contributed by atoms with Gasteiger partial charge in [-0.15, -0.1) is 11.3 Å². The molecule has 2 heterocycles. The van der Waals surface area contributed by atoms with E-state index in [9.17, 15) is 9.90 Å². The van der Waals surface area contributed by atoms with Crippen molar-refractivity contribution in [2.75, 3.05) is 18.5 Å². The Morgan fingerprint density at radius 1 is 1.19 bits per heavy atom. The van der Waals surface area contributed by atoms with E-state index in [0.717, 1.165) is 32.7 Å². The van der Waals surface area contributed by atoms with Crippen LogP contribution in [0.25, 0.3) is 21.3 Å². The smallest absolute Gasteiger partial charge is 0.339 e. The molecule has 0 saturated heterocycles. The fraction of sp³-hybridized carbons (Fsp3) is 0.174. The molecule has 0 amide bonds. The van der Waals surface area contributed by atoms with Crippen molar-refractivity contribution in [2.24, 2.45) is 0 Å². The number of benzene rings is 2. The highest BCUT2D eigenvalue weighted by Gasteiger charge is 2.13. The molecule has 0 aliphatic rings. The first-order chi connectivity index (χ1) is 15.0. The summed E-state index contributed by atoms with van der Waals surface area (Å²) in [6.07, 6.45) is 2.28. The van der Waals surface area contributed by atoms with Gasteiger partial charge in [-0.25, -0.2) is 14.8 Å². The fourth-order valence-corrected chi connectivity index (χ4v) is 4.49. The number of nitrogens with zero attached hydrogens (tertiary/aromatic N) is 2. The van der Waals surface area contributed by atoms with Crippen LogP contribution in [0.15, 0.2) is 54.2 Å². The second-order valence-electron chi connectivity index (χ2n) is 6.83. The Morgan fingerprint density at radius 2 is 2.06 bits per heavy atom. The highest BCUT2D eigenvalue weighted by molar-refractivity contribution is 7.17. The minimum atomic E-state index is -1.03. The van der Waals surface area contributed by atoms with Crippen molar-refractivity contribution < 1.29 is 14.6 Å². The molecule has 4 aromatic rings. The number of carboxylic acids is 1. The van der Waals surface area contributed by atoms with Gasteiger partial charge in [0.1, 0.15) is 23.5 Å². The van der Waals surface area contributed by atoms with E-state index in [4.69, 9.17) is 16.3 Å². The summed E-state index contributed by atoms with van der Waals surface area (Å²) in [6, 6.07) is 13.0. The maximum absolute atomic E-state index is 11.4. The average molecular weight is 454 g/mol. The predicted octanol–water partition coefficient (Wildman–Crippen LogP) is 5.76. The zero-order valence-corrected chi connectivity index (χ0v) is 18.3. The molecule has 158 valence electrons. The summed E-state index contributed by atoms with van der Waals surface area (Å²) in [5.41, 5.74) is 2.72. The first-order valence-electron chi connectivity index (χ1n) is 9.77. The standard InChI is InChI=1S/C23H20ClN3O3S/c1-2-30-20-11-15(3-4-17(20)23(28)29)19-12-21(27-13-26-19)25-7-5-14-9-16-6-8-31-22(16)18(24)10-14/h3-4,6,8-13H,2,5,7H2,1H3,(H,28,29)(H,25,26,27). The maximum atomic E-state index is 11.4. The fourth-order valence-electron chi connectivity index (χ4n) is 3.32. The van der Waals surface area contributed by atoms with E-state index in [-0.39, 0.29) is 5.56 Å². The summed E-state index contributed by atoms with van der Waals surface area (Å²) in [4.78, 5) is 20.0. The van der Waals surface area contributed by atoms with Crippen LogP contribution in [0.1, 0.15) is 22.8 Å². The number of rotatable bonds is 8. The monoisotopic (exact) mass is 453 g/mol. The molecule has 2 aromatic carbocycles. The van der Waals surface area contributed by atoms with Gasteiger partial charge in [0.15, 0.2) is 0 Å². The van der Waals surface area contributed by atoms with E-state index in [2.05, 4.69) is 27.4 Å². The Morgan fingerprint density at radius 3 is 2.87 bits per heavy atom. The number of fused-ring (bicyclic) bond motifs is 1. The van der Waals surface area contributed by atoms with Crippen LogP contribution in [0, 0.1) is 0 Å². The molecular formula is C23H20ClN3O3S. The number of carboxylic acid groups (broad SMARTS) is 1. The summed E-state index contributed by atoms with van der Waals surface area (Å²) >= 11 is 8.02. The van der Waals surface area contributed by atoms with E-state index in [1.54, 1.807) is 23.5 Å². The van der Waals surface area contributed by atoms with E-state index in [1.165, 1.54) is 12.4 Å². The number of thiophene rings is 1. The third-order valence-corrected chi connectivity index (χ3v) is 6.13. The van der Waals surface area contributed by atoms with Crippen LogP contribution in [0.2, 0.25) is 5.02 Å². The van der Waals surface area contributed by atoms with E-state index in [1.807, 2.05) is 24.4 Å². The van der Waals surface area contributed by atoms with Crippen LogP contribution >= 0.6 is 22.9 Å². The summed E-state index contributed by atoms with van der Waals surface area (Å²) in [5.74, 6) is -0.0184. The van der Waals surface area contributed by atoms with Crippen LogP contribution in [0.3, 0.4) is 0 Å². The molecule has 0 aliphatic heterocycles. The predicted molar refractivity (Wildman–Crippen MR) is 125 cm³/mol. The topological polar surface area (TPSA) is 84.3 Å². The van der Waals surface area contributed by atoms with Crippen LogP contribution in [0.4, 0.5) is 5.82 Å². The van der Waals surface area contributed by atoms with Gasteiger partial charge in [0.2, 0.25) is 0 Å². The molecule has 2 aromatic heterocycles. The van der Waals surface area contributed by atoms with E-state index in [0.29, 0.717) is 30.4 Å². The van der Waals surface area contributed by atoms with Crippen molar-refractivity contribution in [3.63, 3.8) is 0 Å². The van der Waals surface area contributed by atoms with Crippen molar-refractivity contribution in [1.29, 1.82) is 0 Å². The van der Waals surface area contributed by atoms with Gasteiger partial charge < -0.3 is 15.2 Å². The van der Waals surface area contributed by atoms with Crippen LogP contribution in [-0.2, 0) is 6.42 Å².